The van der Waals surface area contributed by atoms with Crippen LogP contribution in [0.5, 0.6) is 0 Å². The highest BCUT2D eigenvalue weighted by Crippen LogP contribution is 2.23. The lowest BCUT2D eigenvalue weighted by atomic mass is 10.0. The van der Waals surface area contributed by atoms with Crippen LogP contribution < -0.4 is 5.69 Å². The van der Waals surface area contributed by atoms with E-state index in [9.17, 15) is 4.79 Å². The average molecular weight is 308 g/mol. The van der Waals surface area contributed by atoms with E-state index in [0.717, 1.165) is 30.5 Å². The molecule has 1 fully saturated rings. The zero-order chi connectivity index (χ0) is 15.0. The summed E-state index contributed by atoms with van der Waals surface area (Å²) in [5.41, 5.74) is 1.72. The molecule has 1 aromatic carbocycles. The van der Waals surface area contributed by atoms with Crippen molar-refractivity contribution >= 4 is 22.6 Å². The van der Waals surface area contributed by atoms with Crippen molar-refractivity contribution in [2.24, 2.45) is 0 Å². The molecule has 0 saturated carbocycles. The van der Waals surface area contributed by atoms with E-state index in [2.05, 4.69) is 23.7 Å². The van der Waals surface area contributed by atoms with E-state index >= 15 is 0 Å². The Morgan fingerprint density at radius 2 is 2.19 bits per heavy atom. The number of fused-ring (bicyclic) bond motifs is 1. The first-order chi connectivity index (χ1) is 10.1. The largest absolute Gasteiger partial charge is 0.326 e. The summed E-state index contributed by atoms with van der Waals surface area (Å²) in [5, 5.41) is 0.666. The van der Waals surface area contributed by atoms with Crippen molar-refractivity contribution in [2.75, 3.05) is 6.54 Å². The Labute approximate surface area is 129 Å². The van der Waals surface area contributed by atoms with Gasteiger partial charge in [0.25, 0.3) is 0 Å². The number of aromatic amines is 1. The summed E-state index contributed by atoms with van der Waals surface area (Å²) in [7, 11) is 0. The van der Waals surface area contributed by atoms with Crippen LogP contribution in [0.25, 0.3) is 11.0 Å². The number of likely N-dealkylation sites (tertiary alicyclic amines) is 1. The first-order valence-electron chi connectivity index (χ1n) is 7.70. The third-order valence-electron chi connectivity index (χ3n) is 4.47. The Bertz CT molecular complexity index is 688. The standard InChI is InChI=1S/C16H22ClN3O/c1-11(2)19-8-4-3-5-13(19)10-20-15-9-12(17)6-7-14(15)18-16(20)21/h6-7,9,11,13H,3-5,8,10H2,1-2H3,(H,18,21). The van der Waals surface area contributed by atoms with E-state index < -0.39 is 0 Å². The summed E-state index contributed by atoms with van der Waals surface area (Å²) < 4.78 is 1.84. The zero-order valence-corrected chi connectivity index (χ0v) is 13.4. The molecule has 2 aromatic rings. The van der Waals surface area contributed by atoms with Gasteiger partial charge >= 0.3 is 5.69 Å². The van der Waals surface area contributed by atoms with Crippen LogP contribution >= 0.6 is 11.6 Å². The molecule has 0 amide bonds. The van der Waals surface area contributed by atoms with Crippen molar-refractivity contribution < 1.29 is 0 Å². The first kappa shape index (κ1) is 14.7. The number of aromatic nitrogens is 2. The van der Waals surface area contributed by atoms with Crippen LogP contribution in [-0.2, 0) is 6.54 Å². The number of nitrogens with zero attached hydrogens (tertiary/aromatic N) is 2. The molecule has 2 heterocycles. The smallest absolute Gasteiger partial charge is 0.306 e. The van der Waals surface area contributed by atoms with Crippen molar-refractivity contribution in [3.63, 3.8) is 0 Å². The molecule has 1 atom stereocenters. The Hall–Kier alpha value is -1.26. The van der Waals surface area contributed by atoms with Crippen molar-refractivity contribution in [1.29, 1.82) is 0 Å². The second kappa shape index (κ2) is 5.85. The zero-order valence-electron chi connectivity index (χ0n) is 12.6. The van der Waals surface area contributed by atoms with E-state index in [1.165, 1.54) is 12.8 Å². The Kier molecular flexibility index (Phi) is 4.09. The molecule has 0 bridgehead atoms. The summed E-state index contributed by atoms with van der Waals surface area (Å²) in [6.07, 6.45) is 3.65. The third kappa shape index (κ3) is 2.87. The van der Waals surface area contributed by atoms with E-state index in [0.29, 0.717) is 17.1 Å². The van der Waals surface area contributed by atoms with Gasteiger partial charge in [0.2, 0.25) is 0 Å². The molecule has 1 aromatic heterocycles. The van der Waals surface area contributed by atoms with Crippen LogP contribution in [-0.4, -0.2) is 33.1 Å². The molecule has 0 spiro atoms. The van der Waals surface area contributed by atoms with E-state index in [1.54, 1.807) is 0 Å². The molecule has 1 aliphatic rings. The highest BCUT2D eigenvalue weighted by molar-refractivity contribution is 6.31. The number of piperidine rings is 1. The van der Waals surface area contributed by atoms with Gasteiger partial charge in [0.1, 0.15) is 0 Å². The summed E-state index contributed by atoms with van der Waals surface area (Å²) in [4.78, 5) is 17.7. The highest BCUT2D eigenvalue weighted by Gasteiger charge is 2.25. The molecule has 21 heavy (non-hydrogen) atoms. The quantitative estimate of drug-likeness (QED) is 0.945. The summed E-state index contributed by atoms with van der Waals surface area (Å²) in [6, 6.07) is 6.49. The summed E-state index contributed by atoms with van der Waals surface area (Å²) in [5.74, 6) is 0. The SMILES string of the molecule is CC(C)N1CCCCC1Cn1c(=O)[nH]c2ccc(Cl)cc21. The molecule has 1 N–H and O–H groups in total. The lowest BCUT2D eigenvalue weighted by Crippen LogP contribution is -2.46. The molecule has 114 valence electrons. The molecule has 1 unspecified atom stereocenters. The van der Waals surface area contributed by atoms with Crippen LogP contribution in [0.2, 0.25) is 5.02 Å². The molecular formula is C16H22ClN3O. The monoisotopic (exact) mass is 307 g/mol. The molecule has 4 nitrogen and oxygen atoms in total. The average Bonchev–Trinajstić information content (AvgIpc) is 2.75. The van der Waals surface area contributed by atoms with Crippen molar-refractivity contribution in [3.05, 3.63) is 33.7 Å². The van der Waals surface area contributed by atoms with Crippen LogP contribution in [0.15, 0.2) is 23.0 Å². The Morgan fingerprint density at radius 3 is 2.95 bits per heavy atom. The maximum absolute atomic E-state index is 12.2. The maximum Gasteiger partial charge on any atom is 0.326 e. The lowest BCUT2D eigenvalue weighted by Gasteiger charge is -2.38. The van der Waals surface area contributed by atoms with Gasteiger partial charge in [-0.3, -0.25) is 9.47 Å². The van der Waals surface area contributed by atoms with Gasteiger partial charge in [-0.1, -0.05) is 18.0 Å². The number of hydrogen-bond acceptors (Lipinski definition) is 2. The number of halogens is 1. The van der Waals surface area contributed by atoms with Gasteiger partial charge in [-0.05, 0) is 51.4 Å². The molecule has 3 rings (SSSR count). The van der Waals surface area contributed by atoms with E-state index in [-0.39, 0.29) is 5.69 Å². The van der Waals surface area contributed by atoms with Gasteiger partial charge in [-0.2, -0.15) is 0 Å². The minimum absolute atomic E-state index is 0.0402. The van der Waals surface area contributed by atoms with E-state index in [1.807, 2.05) is 22.8 Å². The van der Waals surface area contributed by atoms with Crippen LogP contribution in [0.1, 0.15) is 33.1 Å². The Balaban J connectivity index is 1.95. The highest BCUT2D eigenvalue weighted by atomic mass is 35.5. The van der Waals surface area contributed by atoms with Gasteiger partial charge in [0.15, 0.2) is 0 Å². The number of imidazole rings is 1. The fourth-order valence-corrected chi connectivity index (χ4v) is 3.58. The minimum Gasteiger partial charge on any atom is -0.306 e. The predicted molar refractivity (Wildman–Crippen MR) is 87.0 cm³/mol. The van der Waals surface area contributed by atoms with Crippen molar-refractivity contribution in [2.45, 2.75) is 51.7 Å². The molecule has 1 saturated heterocycles. The number of rotatable bonds is 3. The number of H-pyrrole nitrogens is 1. The van der Waals surface area contributed by atoms with Gasteiger partial charge in [-0.25, -0.2) is 4.79 Å². The molecule has 5 heteroatoms. The number of nitrogens with one attached hydrogen (secondary N) is 1. The summed E-state index contributed by atoms with van der Waals surface area (Å²) in [6.45, 7) is 6.32. The molecule has 0 radical (unpaired) electrons. The second-order valence-corrected chi connectivity index (χ2v) is 6.62. The Morgan fingerprint density at radius 1 is 1.38 bits per heavy atom. The molecule has 1 aliphatic heterocycles. The topological polar surface area (TPSA) is 41.0 Å². The van der Waals surface area contributed by atoms with Gasteiger partial charge in [0.05, 0.1) is 11.0 Å². The fourth-order valence-electron chi connectivity index (χ4n) is 3.42. The van der Waals surface area contributed by atoms with Gasteiger partial charge < -0.3 is 4.98 Å². The summed E-state index contributed by atoms with van der Waals surface area (Å²) >= 11 is 6.08. The molecule has 0 aliphatic carbocycles. The minimum atomic E-state index is -0.0402. The van der Waals surface area contributed by atoms with Crippen molar-refractivity contribution in [3.8, 4) is 0 Å². The van der Waals surface area contributed by atoms with Crippen LogP contribution in [0.4, 0.5) is 0 Å². The van der Waals surface area contributed by atoms with Crippen LogP contribution in [0, 0.1) is 0 Å². The van der Waals surface area contributed by atoms with Gasteiger partial charge in [0, 0.05) is 23.7 Å². The first-order valence-corrected chi connectivity index (χ1v) is 8.08. The fraction of sp³-hybridized carbons (Fsp3) is 0.562. The number of benzene rings is 1. The van der Waals surface area contributed by atoms with Gasteiger partial charge in [-0.15, -0.1) is 0 Å². The van der Waals surface area contributed by atoms with Crippen molar-refractivity contribution in [1.82, 2.24) is 14.5 Å². The maximum atomic E-state index is 12.2. The third-order valence-corrected chi connectivity index (χ3v) is 4.70. The van der Waals surface area contributed by atoms with E-state index in [4.69, 9.17) is 11.6 Å². The number of hydrogen-bond donors (Lipinski definition) is 1. The predicted octanol–water partition coefficient (Wildman–Crippen LogP) is 3.25. The van der Waals surface area contributed by atoms with Crippen LogP contribution in [0.3, 0.4) is 0 Å². The normalized spacial score (nSPS) is 20.5. The second-order valence-electron chi connectivity index (χ2n) is 6.18. The molecular weight excluding hydrogens is 286 g/mol. The lowest BCUT2D eigenvalue weighted by molar-refractivity contribution is 0.0993.